The molecule has 1 aliphatic heterocycles. The summed E-state index contributed by atoms with van der Waals surface area (Å²) in [4.78, 5) is 25.0. The molecule has 0 saturated carbocycles. The lowest BCUT2D eigenvalue weighted by Gasteiger charge is -2.35. The van der Waals surface area contributed by atoms with Gasteiger partial charge in [0.1, 0.15) is 17.3 Å². The van der Waals surface area contributed by atoms with Gasteiger partial charge in [-0.1, -0.05) is 48.5 Å². The summed E-state index contributed by atoms with van der Waals surface area (Å²) in [5.41, 5.74) is 4.78. The smallest absolute Gasteiger partial charge is 0.213 e. The van der Waals surface area contributed by atoms with Crippen molar-refractivity contribution in [1.29, 1.82) is 0 Å². The molecule has 180 valence electrons. The molecule has 3 heterocycles. The predicted octanol–water partition coefficient (Wildman–Crippen LogP) is 5.33. The highest BCUT2D eigenvalue weighted by Gasteiger charge is 2.23. The number of ketones is 1. The number of methoxy groups -OCH3 is 1. The number of pyridine rings is 2. The summed E-state index contributed by atoms with van der Waals surface area (Å²) in [6.07, 6.45) is 1.79. The lowest BCUT2D eigenvalue weighted by atomic mass is 10.0. The van der Waals surface area contributed by atoms with Crippen molar-refractivity contribution in [2.45, 2.75) is 13.0 Å². The molecule has 6 heteroatoms. The Morgan fingerprint density at radius 1 is 1.03 bits per heavy atom. The lowest BCUT2D eigenvalue weighted by Crippen LogP contribution is -2.46. The van der Waals surface area contributed by atoms with Crippen LogP contribution < -0.4 is 15.0 Å². The Bertz CT molecular complexity index is 1330. The number of carbonyl (C=O) groups excluding carboxylic acids is 1. The highest BCUT2D eigenvalue weighted by Crippen LogP contribution is 2.26. The third kappa shape index (κ3) is 4.93. The van der Waals surface area contributed by atoms with Crippen molar-refractivity contribution in [3.05, 3.63) is 108 Å². The van der Waals surface area contributed by atoms with Crippen LogP contribution in [0.4, 0.5) is 5.82 Å². The van der Waals surface area contributed by atoms with Crippen LogP contribution in [0, 0.1) is 6.92 Å². The number of nitrogens with zero attached hydrogens (tertiary/aromatic N) is 3. The molecule has 1 fully saturated rings. The van der Waals surface area contributed by atoms with Gasteiger partial charge in [-0.05, 0) is 48.4 Å². The van der Waals surface area contributed by atoms with Crippen molar-refractivity contribution in [3.8, 4) is 16.9 Å². The van der Waals surface area contributed by atoms with Crippen LogP contribution >= 0.6 is 0 Å². The summed E-state index contributed by atoms with van der Waals surface area (Å²) >= 11 is 0. The number of anilines is 1. The summed E-state index contributed by atoms with van der Waals surface area (Å²) in [7, 11) is 1.64. The molecule has 2 aromatic carbocycles. The van der Waals surface area contributed by atoms with Crippen molar-refractivity contribution in [3.63, 3.8) is 0 Å². The van der Waals surface area contributed by atoms with E-state index in [1.807, 2.05) is 55.5 Å². The molecule has 0 amide bonds. The van der Waals surface area contributed by atoms with Crippen LogP contribution in [0.15, 0.2) is 85.1 Å². The van der Waals surface area contributed by atoms with E-state index in [1.54, 1.807) is 19.4 Å². The number of hydrogen-bond acceptors (Lipinski definition) is 6. The van der Waals surface area contributed by atoms with Crippen LogP contribution in [-0.2, 0) is 0 Å². The van der Waals surface area contributed by atoms with Crippen LogP contribution in [0.5, 0.6) is 5.75 Å². The van der Waals surface area contributed by atoms with E-state index in [4.69, 9.17) is 9.72 Å². The van der Waals surface area contributed by atoms with Crippen molar-refractivity contribution < 1.29 is 12.4 Å². The maximum Gasteiger partial charge on any atom is 0.213 e. The van der Waals surface area contributed by atoms with E-state index in [9.17, 15) is 4.79 Å². The molecule has 0 bridgehead atoms. The van der Waals surface area contributed by atoms with E-state index in [2.05, 4.69) is 39.5 Å². The van der Waals surface area contributed by atoms with Crippen molar-refractivity contribution in [1.82, 2.24) is 15.3 Å². The summed E-state index contributed by atoms with van der Waals surface area (Å²) in [5, 5.41) is 3.58. The number of piperazine rings is 1. The number of aryl methyl sites for hydroxylation is 1. The van der Waals surface area contributed by atoms with Crippen molar-refractivity contribution >= 4 is 11.6 Å². The Hall–Kier alpha value is -4.03. The minimum Gasteiger partial charge on any atom is -0.497 e. The quantitative estimate of drug-likeness (QED) is 0.386. The molecular formula is C29H32N4O2. The van der Waals surface area contributed by atoms with Gasteiger partial charge in [-0.3, -0.25) is 9.78 Å². The first-order chi connectivity index (χ1) is 17.1. The largest absolute Gasteiger partial charge is 0.497 e. The average Bonchev–Trinajstić information content (AvgIpc) is 2.93. The first kappa shape index (κ1) is 22.7. The molecule has 0 aliphatic carbocycles. The minimum atomic E-state index is -0.123. The molecule has 1 aliphatic rings. The monoisotopic (exact) mass is 468 g/mol. The van der Waals surface area contributed by atoms with Gasteiger partial charge in [-0.2, -0.15) is 0 Å². The number of benzene rings is 2. The standard InChI is InChI=1S/C29H28N4O2.2H2/c1-20-25(17-23(18-31-20)21-11-13-24(35-2)14-12-21)29(34)26-9-6-10-28(32-26)33-16-15-30-27(19-33)22-7-4-3-5-8-22;;/h3-14,17-18,27,30H,15-16,19H2,1-2H3;2*1H. The first-order valence-corrected chi connectivity index (χ1v) is 11.8. The first-order valence-electron chi connectivity index (χ1n) is 11.8. The van der Waals surface area contributed by atoms with Gasteiger partial charge < -0.3 is 15.0 Å². The predicted molar refractivity (Wildman–Crippen MR) is 142 cm³/mol. The number of carbonyl (C=O) groups is 1. The fourth-order valence-corrected chi connectivity index (χ4v) is 4.43. The van der Waals surface area contributed by atoms with Gasteiger partial charge in [-0.15, -0.1) is 0 Å². The van der Waals surface area contributed by atoms with Gasteiger partial charge in [0.15, 0.2) is 0 Å². The molecule has 1 N–H and O–H groups in total. The topological polar surface area (TPSA) is 67.3 Å². The van der Waals surface area contributed by atoms with E-state index < -0.39 is 0 Å². The van der Waals surface area contributed by atoms with Crippen LogP contribution in [0.2, 0.25) is 0 Å². The molecule has 5 rings (SSSR count). The molecule has 1 atom stereocenters. The average molecular weight is 469 g/mol. The number of hydrogen-bond donors (Lipinski definition) is 1. The Morgan fingerprint density at radius 2 is 1.83 bits per heavy atom. The zero-order valence-corrected chi connectivity index (χ0v) is 19.9. The third-order valence-corrected chi connectivity index (χ3v) is 6.42. The van der Waals surface area contributed by atoms with E-state index in [0.717, 1.165) is 42.3 Å². The molecule has 4 aromatic rings. The second-order valence-electron chi connectivity index (χ2n) is 8.66. The van der Waals surface area contributed by atoms with E-state index in [0.29, 0.717) is 17.0 Å². The van der Waals surface area contributed by atoms with Gasteiger partial charge in [0, 0.05) is 51.5 Å². The number of nitrogens with one attached hydrogen (secondary N) is 1. The van der Waals surface area contributed by atoms with E-state index >= 15 is 0 Å². The lowest BCUT2D eigenvalue weighted by molar-refractivity contribution is 0.103. The molecule has 1 saturated heterocycles. The second kappa shape index (κ2) is 10.1. The Balaban J connectivity index is 0.00000190. The van der Waals surface area contributed by atoms with Gasteiger partial charge in [-0.25, -0.2) is 4.98 Å². The van der Waals surface area contributed by atoms with E-state index in [1.165, 1.54) is 5.56 Å². The molecule has 0 spiro atoms. The third-order valence-electron chi connectivity index (χ3n) is 6.42. The van der Waals surface area contributed by atoms with Gasteiger partial charge >= 0.3 is 0 Å². The molecule has 0 radical (unpaired) electrons. The minimum absolute atomic E-state index is 0. The molecule has 2 aromatic heterocycles. The Kier molecular flexibility index (Phi) is 6.55. The number of ether oxygens (including phenoxy) is 1. The molecule has 35 heavy (non-hydrogen) atoms. The highest BCUT2D eigenvalue weighted by molar-refractivity contribution is 6.09. The van der Waals surface area contributed by atoms with Gasteiger partial charge in [0.25, 0.3) is 0 Å². The maximum atomic E-state index is 13.5. The Labute approximate surface area is 208 Å². The summed E-state index contributed by atoms with van der Waals surface area (Å²) in [6, 6.07) is 25.9. The second-order valence-corrected chi connectivity index (χ2v) is 8.66. The summed E-state index contributed by atoms with van der Waals surface area (Å²) in [6.45, 7) is 4.34. The fourth-order valence-electron chi connectivity index (χ4n) is 4.43. The summed E-state index contributed by atoms with van der Waals surface area (Å²) in [5.74, 6) is 1.48. The summed E-state index contributed by atoms with van der Waals surface area (Å²) < 4.78 is 5.25. The molecule has 6 nitrogen and oxygen atoms in total. The SMILES string of the molecule is COc1ccc(-c2cnc(C)c(C(=O)c3cccc(N4CCNC(c5ccccc5)C4)n3)c2)cc1.[HH].[HH]. The van der Waals surface area contributed by atoms with Gasteiger partial charge in [0.05, 0.1) is 7.11 Å². The van der Waals surface area contributed by atoms with Crippen LogP contribution in [0.3, 0.4) is 0 Å². The van der Waals surface area contributed by atoms with Crippen LogP contribution in [-0.4, -0.2) is 42.5 Å². The Morgan fingerprint density at radius 3 is 2.60 bits per heavy atom. The zero-order chi connectivity index (χ0) is 24.2. The van der Waals surface area contributed by atoms with Crippen molar-refractivity contribution in [2.75, 3.05) is 31.6 Å². The molecule has 1 unspecified atom stereocenters. The number of rotatable bonds is 6. The molecular weight excluding hydrogens is 436 g/mol. The maximum absolute atomic E-state index is 13.5. The van der Waals surface area contributed by atoms with Crippen molar-refractivity contribution in [2.24, 2.45) is 0 Å². The highest BCUT2D eigenvalue weighted by atomic mass is 16.5. The van der Waals surface area contributed by atoms with Crippen LogP contribution in [0.1, 0.15) is 36.2 Å². The number of aromatic nitrogens is 2. The normalized spacial score (nSPS) is 15.6. The zero-order valence-electron chi connectivity index (χ0n) is 19.9. The van der Waals surface area contributed by atoms with Gasteiger partial charge in [0.2, 0.25) is 5.78 Å². The van der Waals surface area contributed by atoms with Crippen LogP contribution in [0.25, 0.3) is 11.1 Å². The fraction of sp³-hybridized carbons (Fsp3) is 0.207. The van der Waals surface area contributed by atoms with E-state index in [-0.39, 0.29) is 14.7 Å².